The molecule has 0 aliphatic rings. The van der Waals surface area contributed by atoms with E-state index >= 15 is 0 Å². The van der Waals surface area contributed by atoms with E-state index in [1.54, 1.807) is 48.2 Å². The first-order valence-corrected chi connectivity index (χ1v) is 11.3. The number of aromatic amines is 1. The standard InChI is InChI=1S/C24H26N2O5S/c1-3-5-9-20(27)26(19-8-6-7-18(14-19)23(29)31-4-2)15-16-10-12-17(13-11-16)21-22(28)25-24(30)32-21/h6-8,10-14,28H,3-5,9,15H2,1-2H3,(H,25,30). The van der Waals surface area contributed by atoms with Crippen LogP contribution in [0.25, 0.3) is 10.4 Å². The molecule has 8 heteroatoms. The van der Waals surface area contributed by atoms with Crippen LogP contribution in [0.3, 0.4) is 0 Å². The molecule has 0 saturated heterocycles. The summed E-state index contributed by atoms with van der Waals surface area (Å²) in [7, 11) is 0. The molecule has 0 aliphatic carbocycles. The molecule has 0 atom stereocenters. The lowest BCUT2D eigenvalue weighted by atomic mass is 10.1. The lowest BCUT2D eigenvalue weighted by molar-refractivity contribution is -0.118. The molecule has 7 nitrogen and oxygen atoms in total. The van der Waals surface area contributed by atoms with Gasteiger partial charge in [-0.15, -0.1) is 0 Å². The van der Waals surface area contributed by atoms with E-state index in [2.05, 4.69) is 4.98 Å². The summed E-state index contributed by atoms with van der Waals surface area (Å²) in [5.74, 6) is -0.608. The number of ether oxygens (including phenoxy) is 1. The van der Waals surface area contributed by atoms with Crippen molar-refractivity contribution < 1.29 is 19.4 Å². The van der Waals surface area contributed by atoms with Crippen LogP contribution >= 0.6 is 11.3 Å². The molecule has 1 heterocycles. The number of hydrogen-bond acceptors (Lipinski definition) is 6. The number of amides is 1. The fourth-order valence-electron chi connectivity index (χ4n) is 3.26. The van der Waals surface area contributed by atoms with Crippen LogP contribution in [0.15, 0.2) is 53.3 Å². The Morgan fingerprint density at radius 3 is 2.50 bits per heavy atom. The summed E-state index contributed by atoms with van der Waals surface area (Å²) in [6.07, 6.45) is 2.08. The summed E-state index contributed by atoms with van der Waals surface area (Å²) in [4.78, 5) is 40.8. The average Bonchev–Trinajstić information content (AvgIpc) is 3.14. The molecule has 0 saturated carbocycles. The van der Waals surface area contributed by atoms with E-state index in [0.717, 1.165) is 29.7 Å². The van der Waals surface area contributed by atoms with E-state index in [1.165, 1.54) is 0 Å². The fraction of sp³-hybridized carbons (Fsp3) is 0.292. The molecule has 3 rings (SSSR count). The van der Waals surface area contributed by atoms with Crippen molar-refractivity contribution in [3.05, 3.63) is 69.3 Å². The Morgan fingerprint density at radius 1 is 1.12 bits per heavy atom. The Bertz CT molecular complexity index is 1130. The number of benzene rings is 2. The SMILES string of the molecule is CCCCC(=O)N(Cc1ccc(-c2sc(=O)[nH]c2O)cc1)c1cccc(C(=O)OCC)c1. The highest BCUT2D eigenvalue weighted by atomic mass is 32.1. The maximum atomic E-state index is 13.0. The van der Waals surface area contributed by atoms with Gasteiger partial charge in [0.25, 0.3) is 0 Å². The quantitative estimate of drug-likeness (QED) is 0.456. The van der Waals surface area contributed by atoms with E-state index in [0.29, 0.717) is 34.7 Å². The predicted octanol–water partition coefficient (Wildman–Crippen LogP) is 4.71. The molecule has 1 aromatic heterocycles. The van der Waals surface area contributed by atoms with Gasteiger partial charge in [-0.2, -0.15) is 0 Å². The van der Waals surface area contributed by atoms with Gasteiger partial charge in [0.15, 0.2) is 0 Å². The van der Waals surface area contributed by atoms with Crippen LogP contribution in [0.2, 0.25) is 0 Å². The molecule has 2 N–H and O–H groups in total. The third kappa shape index (κ3) is 5.64. The van der Waals surface area contributed by atoms with Crippen LogP contribution in [0, 0.1) is 0 Å². The van der Waals surface area contributed by atoms with Crippen molar-refractivity contribution in [2.45, 2.75) is 39.7 Å². The zero-order valence-electron chi connectivity index (χ0n) is 18.1. The van der Waals surface area contributed by atoms with Crippen molar-refractivity contribution in [1.82, 2.24) is 4.98 Å². The molecule has 168 valence electrons. The number of nitrogens with one attached hydrogen (secondary N) is 1. The Labute approximate surface area is 190 Å². The monoisotopic (exact) mass is 454 g/mol. The average molecular weight is 455 g/mol. The molecule has 2 aromatic carbocycles. The maximum Gasteiger partial charge on any atom is 0.338 e. The van der Waals surface area contributed by atoms with Gasteiger partial charge in [-0.1, -0.05) is 55.0 Å². The number of esters is 1. The third-order valence-corrected chi connectivity index (χ3v) is 5.82. The fourth-order valence-corrected chi connectivity index (χ4v) is 4.00. The number of aromatic nitrogens is 1. The highest BCUT2D eigenvalue weighted by molar-refractivity contribution is 7.13. The second kappa shape index (κ2) is 10.8. The van der Waals surface area contributed by atoms with E-state index in [9.17, 15) is 19.5 Å². The first-order valence-electron chi connectivity index (χ1n) is 10.5. The van der Waals surface area contributed by atoms with Crippen LogP contribution in [-0.4, -0.2) is 28.6 Å². The summed E-state index contributed by atoms with van der Waals surface area (Å²) in [5, 5.41) is 9.88. The number of thiazole rings is 1. The van der Waals surface area contributed by atoms with Gasteiger partial charge in [0.2, 0.25) is 11.8 Å². The van der Waals surface area contributed by atoms with Crippen LogP contribution < -0.4 is 9.77 Å². The van der Waals surface area contributed by atoms with Crippen molar-refractivity contribution in [3.63, 3.8) is 0 Å². The lowest BCUT2D eigenvalue weighted by Crippen LogP contribution is -2.30. The van der Waals surface area contributed by atoms with Gasteiger partial charge in [0, 0.05) is 12.1 Å². The number of aromatic hydroxyl groups is 1. The van der Waals surface area contributed by atoms with Gasteiger partial charge in [0.05, 0.1) is 23.6 Å². The normalized spacial score (nSPS) is 10.7. The van der Waals surface area contributed by atoms with Gasteiger partial charge >= 0.3 is 10.8 Å². The van der Waals surface area contributed by atoms with Crippen molar-refractivity contribution in [2.24, 2.45) is 0 Å². The largest absolute Gasteiger partial charge is 0.493 e. The molecular weight excluding hydrogens is 428 g/mol. The molecule has 0 bridgehead atoms. The molecule has 0 radical (unpaired) electrons. The van der Waals surface area contributed by atoms with Gasteiger partial charge < -0.3 is 14.7 Å². The Balaban J connectivity index is 1.87. The smallest absolute Gasteiger partial charge is 0.338 e. The summed E-state index contributed by atoms with van der Waals surface area (Å²) >= 11 is 0.937. The Morgan fingerprint density at radius 2 is 1.88 bits per heavy atom. The number of carbonyl (C=O) groups is 2. The topological polar surface area (TPSA) is 99.7 Å². The Kier molecular flexibility index (Phi) is 7.83. The van der Waals surface area contributed by atoms with Gasteiger partial charge in [-0.25, -0.2) is 4.79 Å². The molecule has 0 aliphatic heterocycles. The number of anilines is 1. The van der Waals surface area contributed by atoms with Crippen LogP contribution in [0.5, 0.6) is 5.88 Å². The molecule has 0 unspecified atom stereocenters. The van der Waals surface area contributed by atoms with E-state index in [1.807, 2.05) is 19.1 Å². The molecule has 0 spiro atoms. The molecule has 0 fully saturated rings. The predicted molar refractivity (Wildman–Crippen MR) is 125 cm³/mol. The summed E-state index contributed by atoms with van der Waals surface area (Å²) < 4.78 is 5.09. The number of rotatable bonds is 9. The minimum absolute atomic E-state index is 0.0292. The van der Waals surface area contributed by atoms with Crippen molar-refractivity contribution >= 4 is 28.9 Å². The Hall–Kier alpha value is -3.39. The first kappa shape index (κ1) is 23.3. The second-order valence-electron chi connectivity index (χ2n) is 7.24. The van der Waals surface area contributed by atoms with Crippen LogP contribution in [0.1, 0.15) is 49.0 Å². The number of H-pyrrole nitrogens is 1. The number of nitrogens with zero attached hydrogens (tertiary/aromatic N) is 1. The summed E-state index contributed by atoms with van der Waals surface area (Å²) in [6.45, 7) is 4.38. The molecule has 32 heavy (non-hydrogen) atoms. The zero-order chi connectivity index (χ0) is 23.1. The summed E-state index contributed by atoms with van der Waals surface area (Å²) in [5.41, 5.74) is 2.61. The van der Waals surface area contributed by atoms with E-state index < -0.39 is 5.97 Å². The summed E-state index contributed by atoms with van der Waals surface area (Å²) in [6, 6.07) is 14.2. The molecular formula is C24H26N2O5S. The van der Waals surface area contributed by atoms with Crippen LogP contribution in [-0.2, 0) is 16.1 Å². The maximum absolute atomic E-state index is 13.0. The lowest BCUT2D eigenvalue weighted by Gasteiger charge is -2.24. The van der Waals surface area contributed by atoms with Gasteiger partial charge in [0.1, 0.15) is 0 Å². The first-order chi connectivity index (χ1) is 15.4. The second-order valence-corrected chi connectivity index (χ2v) is 8.23. The van der Waals surface area contributed by atoms with Crippen molar-refractivity contribution in [1.29, 1.82) is 0 Å². The van der Waals surface area contributed by atoms with Crippen LogP contribution in [0.4, 0.5) is 5.69 Å². The van der Waals surface area contributed by atoms with E-state index in [4.69, 9.17) is 4.74 Å². The third-order valence-electron chi connectivity index (χ3n) is 4.90. The molecule has 1 amide bonds. The van der Waals surface area contributed by atoms with Crippen molar-refractivity contribution in [3.8, 4) is 16.3 Å². The highest BCUT2D eigenvalue weighted by Crippen LogP contribution is 2.30. The number of carbonyl (C=O) groups excluding carboxylic acids is 2. The highest BCUT2D eigenvalue weighted by Gasteiger charge is 2.18. The number of hydrogen-bond donors (Lipinski definition) is 2. The van der Waals surface area contributed by atoms with E-state index in [-0.39, 0.29) is 23.3 Å². The molecule has 3 aromatic rings. The minimum Gasteiger partial charge on any atom is -0.493 e. The minimum atomic E-state index is -0.426. The van der Waals surface area contributed by atoms with Gasteiger partial charge in [-0.3, -0.25) is 14.6 Å². The number of unbranched alkanes of at least 4 members (excludes halogenated alkanes) is 1. The van der Waals surface area contributed by atoms with Crippen molar-refractivity contribution in [2.75, 3.05) is 11.5 Å². The zero-order valence-corrected chi connectivity index (χ0v) is 18.9. The van der Waals surface area contributed by atoms with Gasteiger partial charge in [-0.05, 0) is 42.7 Å².